The van der Waals surface area contributed by atoms with Crippen molar-refractivity contribution in [2.24, 2.45) is 35.1 Å². The van der Waals surface area contributed by atoms with Crippen LogP contribution in [0.25, 0.3) is 0 Å². The van der Waals surface area contributed by atoms with Crippen molar-refractivity contribution in [2.45, 2.75) is 51.7 Å². The lowest BCUT2D eigenvalue weighted by Crippen LogP contribution is -2.39. The fourth-order valence-corrected chi connectivity index (χ4v) is 4.42. The molecule has 0 radical (unpaired) electrons. The number of hydrogen-bond donors (Lipinski definition) is 4. The molecule has 152 valence electrons. The van der Waals surface area contributed by atoms with Gasteiger partial charge in [0, 0.05) is 0 Å². The van der Waals surface area contributed by atoms with Gasteiger partial charge in [-0.3, -0.25) is 0 Å². The fraction of sp³-hybridized carbons (Fsp3) is 0.947. The maximum Gasteiger partial charge on any atom is 0.509 e. The van der Waals surface area contributed by atoms with Gasteiger partial charge >= 0.3 is 6.16 Å². The molecule has 2 rings (SSSR count). The highest BCUT2D eigenvalue weighted by atomic mass is 16.7. The zero-order valence-electron chi connectivity index (χ0n) is 16.8. The van der Waals surface area contributed by atoms with Gasteiger partial charge in [-0.25, -0.2) is 4.79 Å². The van der Waals surface area contributed by atoms with E-state index >= 15 is 0 Å². The zero-order valence-corrected chi connectivity index (χ0v) is 16.8. The van der Waals surface area contributed by atoms with E-state index in [1.165, 1.54) is 0 Å². The first-order chi connectivity index (χ1) is 12.2. The van der Waals surface area contributed by atoms with E-state index in [2.05, 4.69) is 10.6 Å². The molecule has 2 heterocycles. The summed E-state index contributed by atoms with van der Waals surface area (Å²) in [4.78, 5) is 12.4. The molecule has 7 nitrogen and oxygen atoms in total. The van der Waals surface area contributed by atoms with Crippen LogP contribution < -0.4 is 22.1 Å². The number of carbonyl (C=O) groups excluding carboxylic acids is 1. The third kappa shape index (κ3) is 6.08. The van der Waals surface area contributed by atoms with Crippen LogP contribution in [0.4, 0.5) is 4.79 Å². The Hall–Kier alpha value is -0.890. The van der Waals surface area contributed by atoms with Crippen molar-refractivity contribution in [2.75, 3.05) is 39.3 Å². The van der Waals surface area contributed by atoms with Crippen LogP contribution in [0.5, 0.6) is 0 Å². The molecule has 0 spiro atoms. The number of carbonyl (C=O) groups is 1. The average molecular weight is 371 g/mol. The van der Waals surface area contributed by atoms with E-state index in [-0.39, 0.29) is 0 Å². The summed E-state index contributed by atoms with van der Waals surface area (Å²) in [6, 6.07) is 0. The second kappa shape index (κ2) is 8.87. The predicted molar refractivity (Wildman–Crippen MR) is 103 cm³/mol. The molecule has 0 aliphatic carbocycles. The molecule has 4 unspecified atom stereocenters. The summed E-state index contributed by atoms with van der Waals surface area (Å²) in [6.45, 7) is 12.8. The number of nitrogens with two attached hydrogens (primary N) is 2. The van der Waals surface area contributed by atoms with Crippen LogP contribution >= 0.6 is 0 Å². The van der Waals surface area contributed by atoms with E-state index in [9.17, 15) is 4.79 Å². The van der Waals surface area contributed by atoms with Crippen LogP contribution in [0.3, 0.4) is 0 Å². The molecule has 0 aromatic heterocycles. The van der Waals surface area contributed by atoms with Gasteiger partial charge in [0.05, 0.1) is 0 Å². The van der Waals surface area contributed by atoms with Gasteiger partial charge in [0.25, 0.3) is 0 Å². The van der Waals surface area contributed by atoms with Crippen molar-refractivity contribution in [1.82, 2.24) is 10.6 Å². The minimum absolute atomic E-state index is 0.422. The second-order valence-electron chi connectivity index (χ2n) is 9.21. The van der Waals surface area contributed by atoms with E-state index < -0.39 is 17.4 Å². The highest BCUT2D eigenvalue weighted by Gasteiger charge is 2.37. The molecule has 2 aliphatic rings. The maximum absolute atomic E-state index is 12.4. The Kier molecular flexibility index (Phi) is 7.30. The van der Waals surface area contributed by atoms with Gasteiger partial charge in [-0.2, -0.15) is 0 Å². The van der Waals surface area contributed by atoms with Crippen LogP contribution in [-0.2, 0) is 9.47 Å². The summed E-state index contributed by atoms with van der Waals surface area (Å²) in [5.41, 5.74) is 10.5. The average Bonchev–Trinajstić information content (AvgIpc) is 3.13. The van der Waals surface area contributed by atoms with Crippen molar-refractivity contribution in [3.63, 3.8) is 0 Å². The van der Waals surface area contributed by atoms with Gasteiger partial charge in [0.1, 0.15) is 11.2 Å². The van der Waals surface area contributed by atoms with Gasteiger partial charge in [-0.05, 0) is 103 Å². The first kappa shape index (κ1) is 21.4. The molecule has 0 bridgehead atoms. The number of ether oxygens (including phenoxy) is 2. The fourth-order valence-electron chi connectivity index (χ4n) is 4.42. The minimum atomic E-state index is -0.592. The van der Waals surface area contributed by atoms with Crippen molar-refractivity contribution in [3.8, 4) is 0 Å². The Morgan fingerprint density at radius 2 is 1.15 bits per heavy atom. The van der Waals surface area contributed by atoms with Gasteiger partial charge in [-0.1, -0.05) is 0 Å². The van der Waals surface area contributed by atoms with Crippen LogP contribution in [-0.4, -0.2) is 56.6 Å². The Morgan fingerprint density at radius 3 is 1.50 bits per heavy atom. The van der Waals surface area contributed by atoms with Crippen molar-refractivity contribution < 1.29 is 14.3 Å². The van der Waals surface area contributed by atoms with Crippen LogP contribution in [0.15, 0.2) is 0 Å². The number of hydrogen-bond acceptors (Lipinski definition) is 7. The lowest BCUT2D eigenvalue weighted by atomic mass is 9.86. The van der Waals surface area contributed by atoms with Crippen LogP contribution in [0.1, 0.15) is 40.5 Å². The second-order valence-corrected chi connectivity index (χ2v) is 9.21. The van der Waals surface area contributed by atoms with Crippen LogP contribution in [0.2, 0.25) is 0 Å². The monoisotopic (exact) mass is 370 g/mol. The topological polar surface area (TPSA) is 112 Å². The maximum atomic E-state index is 12.4. The van der Waals surface area contributed by atoms with E-state index in [1.54, 1.807) is 0 Å². The molecule has 26 heavy (non-hydrogen) atoms. The van der Waals surface area contributed by atoms with Crippen molar-refractivity contribution in [1.29, 1.82) is 0 Å². The van der Waals surface area contributed by atoms with Gasteiger partial charge in [0.2, 0.25) is 0 Å². The van der Waals surface area contributed by atoms with E-state index in [4.69, 9.17) is 20.9 Å². The molecule has 4 atom stereocenters. The number of rotatable bonds is 8. The lowest BCUT2D eigenvalue weighted by molar-refractivity contribution is -0.0727. The summed E-state index contributed by atoms with van der Waals surface area (Å²) >= 11 is 0. The molecule has 6 N–H and O–H groups in total. The first-order valence-electron chi connectivity index (χ1n) is 9.89. The predicted octanol–water partition coefficient (Wildman–Crippen LogP) is 1.07. The minimum Gasteiger partial charge on any atom is -0.428 e. The summed E-state index contributed by atoms with van der Waals surface area (Å²) in [7, 11) is 0. The molecule has 2 saturated heterocycles. The molecule has 0 amide bonds. The molecule has 7 heteroatoms. The highest BCUT2D eigenvalue weighted by molar-refractivity contribution is 5.61. The Morgan fingerprint density at radius 1 is 0.808 bits per heavy atom. The lowest BCUT2D eigenvalue weighted by Gasteiger charge is -2.33. The highest BCUT2D eigenvalue weighted by Crippen LogP contribution is 2.31. The molecule has 0 aromatic carbocycles. The Labute approximate surface area is 157 Å². The van der Waals surface area contributed by atoms with Gasteiger partial charge in [0.15, 0.2) is 0 Å². The SMILES string of the molecule is CC(C)(CC1CNCC1CN)OC(=O)OC(C)(C)CC1CNCC1CN. The Balaban J connectivity index is 1.83. The summed E-state index contributed by atoms with van der Waals surface area (Å²) < 4.78 is 11.4. The summed E-state index contributed by atoms with van der Waals surface area (Å²) in [5, 5.41) is 6.74. The van der Waals surface area contributed by atoms with Gasteiger partial charge in [-0.15, -0.1) is 0 Å². The largest absolute Gasteiger partial charge is 0.509 e. The summed E-state index contributed by atoms with van der Waals surface area (Å²) in [6.07, 6.45) is 0.962. The third-order valence-corrected chi connectivity index (χ3v) is 5.79. The third-order valence-electron chi connectivity index (χ3n) is 5.79. The quantitative estimate of drug-likeness (QED) is 0.473. The standard InChI is InChI=1S/C19H38N4O3/c1-18(2,5-13-9-22-11-15(13)7-20)25-17(24)26-19(3,4)6-14-10-23-12-16(14)8-21/h13-16,22-23H,5-12,20-21H2,1-4H3. The molecular formula is C19H38N4O3. The Bertz CT molecular complexity index is 430. The molecule has 2 fully saturated rings. The number of nitrogens with one attached hydrogen (secondary N) is 2. The first-order valence-corrected chi connectivity index (χ1v) is 9.89. The van der Waals surface area contributed by atoms with Crippen molar-refractivity contribution in [3.05, 3.63) is 0 Å². The van der Waals surface area contributed by atoms with E-state index in [0.29, 0.717) is 36.8 Å². The van der Waals surface area contributed by atoms with E-state index in [1.807, 2.05) is 27.7 Å². The zero-order chi connectivity index (χ0) is 19.4. The molecule has 0 aromatic rings. The van der Waals surface area contributed by atoms with E-state index in [0.717, 1.165) is 39.0 Å². The molecule has 0 saturated carbocycles. The molecule has 2 aliphatic heterocycles. The van der Waals surface area contributed by atoms with Crippen molar-refractivity contribution >= 4 is 6.16 Å². The smallest absolute Gasteiger partial charge is 0.428 e. The summed E-state index contributed by atoms with van der Waals surface area (Å²) in [5.74, 6) is 1.72. The van der Waals surface area contributed by atoms with Gasteiger partial charge < -0.3 is 31.6 Å². The molecular weight excluding hydrogens is 332 g/mol. The normalized spacial score (nSPS) is 29.8. The van der Waals surface area contributed by atoms with Crippen LogP contribution in [0, 0.1) is 23.7 Å².